The van der Waals surface area contributed by atoms with Crippen LogP contribution in [0.4, 0.5) is 0 Å². The van der Waals surface area contributed by atoms with Gasteiger partial charge in [0.15, 0.2) is 0 Å². The Kier molecular flexibility index (Phi) is 3.46. The van der Waals surface area contributed by atoms with Gasteiger partial charge in [-0.25, -0.2) is 0 Å². The fourth-order valence-corrected chi connectivity index (χ4v) is 1.65. The molecule has 2 amide bonds. The molecule has 80 valence electrons. The van der Waals surface area contributed by atoms with E-state index in [1.54, 1.807) is 11.8 Å². The summed E-state index contributed by atoms with van der Waals surface area (Å²) < 4.78 is 0. The summed E-state index contributed by atoms with van der Waals surface area (Å²) in [5, 5.41) is 2.69. The fourth-order valence-electron chi connectivity index (χ4n) is 1.65. The minimum absolute atomic E-state index is 0.00574. The minimum atomic E-state index is -0.413. The third-order valence-electron chi connectivity index (χ3n) is 2.54. The van der Waals surface area contributed by atoms with E-state index in [0.29, 0.717) is 19.5 Å². The van der Waals surface area contributed by atoms with Crippen molar-refractivity contribution in [2.75, 3.05) is 13.1 Å². The summed E-state index contributed by atoms with van der Waals surface area (Å²) in [4.78, 5) is 24.7. The van der Waals surface area contributed by atoms with Crippen LogP contribution < -0.4 is 11.1 Å². The normalized spacial score (nSPS) is 25.6. The van der Waals surface area contributed by atoms with Gasteiger partial charge in [0.1, 0.15) is 6.04 Å². The highest BCUT2D eigenvalue weighted by molar-refractivity contribution is 5.89. The van der Waals surface area contributed by atoms with E-state index in [1.807, 2.05) is 6.92 Å². The lowest BCUT2D eigenvalue weighted by atomic mass is 10.2. The Morgan fingerprint density at radius 2 is 2.29 bits per heavy atom. The minimum Gasteiger partial charge on any atom is -0.354 e. The van der Waals surface area contributed by atoms with E-state index in [4.69, 9.17) is 5.73 Å². The van der Waals surface area contributed by atoms with E-state index in [0.717, 1.165) is 0 Å². The number of carbonyl (C=O) groups is 2. The Balaban J connectivity index is 2.84. The van der Waals surface area contributed by atoms with Gasteiger partial charge in [-0.3, -0.25) is 9.59 Å². The number of hydrogen-bond acceptors (Lipinski definition) is 3. The third kappa shape index (κ3) is 2.04. The molecule has 1 heterocycles. The molecule has 2 atom stereocenters. The van der Waals surface area contributed by atoms with Crippen LogP contribution in [0.1, 0.15) is 20.3 Å². The van der Waals surface area contributed by atoms with Gasteiger partial charge >= 0.3 is 0 Å². The number of rotatable bonds is 2. The van der Waals surface area contributed by atoms with Crippen molar-refractivity contribution < 1.29 is 9.59 Å². The van der Waals surface area contributed by atoms with Crippen molar-refractivity contribution in [1.82, 2.24) is 10.2 Å². The van der Waals surface area contributed by atoms with Crippen molar-refractivity contribution in [1.29, 1.82) is 0 Å². The highest BCUT2D eigenvalue weighted by atomic mass is 16.2. The molecule has 0 bridgehead atoms. The zero-order valence-electron chi connectivity index (χ0n) is 8.62. The molecule has 0 spiro atoms. The maximum Gasteiger partial charge on any atom is 0.242 e. The van der Waals surface area contributed by atoms with Gasteiger partial charge in [0.2, 0.25) is 11.8 Å². The van der Waals surface area contributed by atoms with Crippen molar-refractivity contribution in [3.8, 4) is 0 Å². The lowest BCUT2D eigenvalue weighted by Gasteiger charge is -2.31. The lowest BCUT2D eigenvalue weighted by Crippen LogP contribution is -2.50. The second-order valence-electron chi connectivity index (χ2n) is 3.60. The van der Waals surface area contributed by atoms with Crippen LogP contribution in [-0.4, -0.2) is 41.9 Å². The van der Waals surface area contributed by atoms with Crippen LogP contribution in [0.15, 0.2) is 0 Å². The molecule has 0 aromatic rings. The third-order valence-corrected chi connectivity index (χ3v) is 2.54. The van der Waals surface area contributed by atoms with Crippen LogP contribution in [0, 0.1) is 0 Å². The molecule has 1 saturated heterocycles. The van der Waals surface area contributed by atoms with Gasteiger partial charge in [0.25, 0.3) is 0 Å². The van der Waals surface area contributed by atoms with Crippen LogP contribution in [0.25, 0.3) is 0 Å². The zero-order chi connectivity index (χ0) is 10.7. The maximum atomic E-state index is 11.6. The van der Waals surface area contributed by atoms with E-state index in [-0.39, 0.29) is 17.9 Å². The summed E-state index contributed by atoms with van der Waals surface area (Å²) in [5.41, 5.74) is 5.50. The molecule has 0 radical (unpaired) electrons. The quantitative estimate of drug-likeness (QED) is 0.603. The van der Waals surface area contributed by atoms with Crippen molar-refractivity contribution in [3.63, 3.8) is 0 Å². The Hall–Kier alpha value is -1.10. The van der Waals surface area contributed by atoms with Crippen molar-refractivity contribution in [2.24, 2.45) is 5.73 Å². The number of nitrogens with one attached hydrogen (secondary N) is 1. The molecule has 1 aliphatic heterocycles. The molecule has 14 heavy (non-hydrogen) atoms. The second-order valence-corrected chi connectivity index (χ2v) is 3.60. The van der Waals surface area contributed by atoms with Crippen LogP contribution in [0.2, 0.25) is 0 Å². The van der Waals surface area contributed by atoms with E-state index >= 15 is 0 Å². The SMILES string of the molecule is CC(CN)N1C(=O)CCNC(=O)C1C. The molecule has 5 heteroatoms. The van der Waals surface area contributed by atoms with Gasteiger partial charge in [-0.15, -0.1) is 0 Å². The molecule has 5 nitrogen and oxygen atoms in total. The average molecular weight is 199 g/mol. The largest absolute Gasteiger partial charge is 0.354 e. The number of amides is 2. The van der Waals surface area contributed by atoms with Crippen LogP contribution in [-0.2, 0) is 9.59 Å². The number of carbonyl (C=O) groups excluding carboxylic acids is 2. The van der Waals surface area contributed by atoms with E-state index < -0.39 is 6.04 Å². The summed E-state index contributed by atoms with van der Waals surface area (Å²) >= 11 is 0. The molecule has 1 aliphatic rings. The van der Waals surface area contributed by atoms with Crippen LogP contribution in [0.3, 0.4) is 0 Å². The van der Waals surface area contributed by atoms with Gasteiger partial charge in [0, 0.05) is 25.6 Å². The summed E-state index contributed by atoms with van der Waals surface area (Å²) in [5.74, 6) is -0.107. The molecule has 3 N–H and O–H groups in total. The topological polar surface area (TPSA) is 75.4 Å². The number of nitrogens with zero attached hydrogens (tertiary/aromatic N) is 1. The molecule has 0 aromatic carbocycles. The molecule has 1 rings (SSSR count). The standard InChI is InChI=1S/C9H17N3O2/c1-6(5-10)12-7(2)9(14)11-4-3-8(12)13/h6-7H,3-5,10H2,1-2H3,(H,11,14). The predicted octanol–water partition coefficient (Wildman–Crippen LogP) is -0.929. The summed E-state index contributed by atoms with van der Waals surface area (Å²) in [6.45, 7) is 4.39. The van der Waals surface area contributed by atoms with Gasteiger partial charge in [-0.1, -0.05) is 0 Å². The number of hydrogen-bond donors (Lipinski definition) is 2. The molecular formula is C9H17N3O2. The maximum absolute atomic E-state index is 11.6. The highest BCUT2D eigenvalue weighted by Crippen LogP contribution is 2.10. The van der Waals surface area contributed by atoms with Crippen molar-refractivity contribution in [3.05, 3.63) is 0 Å². The van der Waals surface area contributed by atoms with Gasteiger partial charge in [0.05, 0.1) is 0 Å². The summed E-state index contributed by atoms with van der Waals surface area (Å²) in [7, 11) is 0. The Bertz CT molecular complexity index is 242. The fraction of sp³-hybridized carbons (Fsp3) is 0.778. The molecular weight excluding hydrogens is 182 g/mol. The molecule has 0 saturated carbocycles. The van der Waals surface area contributed by atoms with E-state index in [2.05, 4.69) is 5.32 Å². The predicted molar refractivity (Wildman–Crippen MR) is 52.5 cm³/mol. The number of nitrogens with two attached hydrogens (primary N) is 1. The van der Waals surface area contributed by atoms with Gasteiger partial charge < -0.3 is 16.0 Å². The summed E-state index contributed by atoms with van der Waals surface area (Å²) in [6.07, 6.45) is 0.362. The molecule has 0 aromatic heterocycles. The first kappa shape index (κ1) is 11.0. The Labute approximate surface area is 83.6 Å². The summed E-state index contributed by atoms with van der Waals surface area (Å²) in [6, 6.07) is -0.495. The lowest BCUT2D eigenvalue weighted by molar-refractivity contribution is -0.139. The first-order valence-corrected chi connectivity index (χ1v) is 4.87. The van der Waals surface area contributed by atoms with E-state index in [1.165, 1.54) is 0 Å². The monoisotopic (exact) mass is 199 g/mol. The average Bonchev–Trinajstić information content (AvgIpc) is 2.27. The molecule has 2 unspecified atom stereocenters. The van der Waals surface area contributed by atoms with Gasteiger partial charge in [-0.2, -0.15) is 0 Å². The zero-order valence-corrected chi connectivity index (χ0v) is 8.62. The Morgan fingerprint density at radius 1 is 1.64 bits per heavy atom. The van der Waals surface area contributed by atoms with E-state index in [9.17, 15) is 9.59 Å². The Morgan fingerprint density at radius 3 is 2.86 bits per heavy atom. The van der Waals surface area contributed by atoms with Crippen LogP contribution in [0.5, 0.6) is 0 Å². The van der Waals surface area contributed by atoms with Crippen molar-refractivity contribution >= 4 is 11.8 Å². The van der Waals surface area contributed by atoms with Gasteiger partial charge in [-0.05, 0) is 13.8 Å². The smallest absolute Gasteiger partial charge is 0.242 e. The molecule has 0 aliphatic carbocycles. The second kappa shape index (κ2) is 4.41. The van der Waals surface area contributed by atoms with Crippen molar-refractivity contribution in [2.45, 2.75) is 32.4 Å². The molecule has 1 fully saturated rings. The first-order chi connectivity index (χ1) is 6.57. The highest BCUT2D eigenvalue weighted by Gasteiger charge is 2.31. The van der Waals surface area contributed by atoms with Crippen LogP contribution >= 0.6 is 0 Å². The first-order valence-electron chi connectivity index (χ1n) is 4.87.